The molecular formula is C13H18F3N3O. The Balaban J connectivity index is 2.31. The predicted octanol–water partition coefficient (Wildman–Crippen LogP) is 2.42. The number of aliphatic hydroxyl groups is 1. The van der Waals surface area contributed by atoms with Crippen LogP contribution in [0, 0.1) is 0 Å². The van der Waals surface area contributed by atoms with Crippen LogP contribution in [0.2, 0.25) is 0 Å². The monoisotopic (exact) mass is 289 g/mol. The molecule has 1 fully saturated rings. The Labute approximate surface area is 115 Å². The molecule has 1 aliphatic carbocycles. The minimum Gasteiger partial charge on any atom is -0.396 e. The molecule has 7 heteroatoms. The van der Waals surface area contributed by atoms with Crippen molar-refractivity contribution >= 4 is 11.4 Å². The number of nitrogen functional groups attached to an aromatic ring is 1. The molecule has 1 heterocycles. The van der Waals surface area contributed by atoms with Crippen LogP contribution >= 0.6 is 0 Å². The van der Waals surface area contributed by atoms with Gasteiger partial charge in [-0.1, -0.05) is 12.8 Å². The van der Waals surface area contributed by atoms with E-state index < -0.39 is 18.0 Å². The highest BCUT2D eigenvalue weighted by Gasteiger charge is 2.34. The van der Waals surface area contributed by atoms with Gasteiger partial charge >= 0.3 is 6.18 Å². The van der Waals surface area contributed by atoms with Crippen LogP contribution < -0.4 is 10.6 Å². The molecule has 2 rings (SSSR count). The van der Waals surface area contributed by atoms with Crippen molar-refractivity contribution < 1.29 is 18.3 Å². The minimum absolute atomic E-state index is 0.179. The molecule has 3 N–H and O–H groups in total. The van der Waals surface area contributed by atoms with E-state index in [1.54, 1.807) is 11.9 Å². The third kappa shape index (κ3) is 2.98. The molecule has 1 aromatic rings. The first kappa shape index (κ1) is 14.9. The van der Waals surface area contributed by atoms with Crippen molar-refractivity contribution in [3.8, 4) is 0 Å². The summed E-state index contributed by atoms with van der Waals surface area (Å²) >= 11 is 0. The molecule has 0 spiro atoms. The zero-order valence-corrected chi connectivity index (χ0v) is 11.2. The van der Waals surface area contributed by atoms with Gasteiger partial charge in [0.05, 0.1) is 29.7 Å². The van der Waals surface area contributed by atoms with Gasteiger partial charge in [-0.25, -0.2) is 4.98 Å². The second-order valence-corrected chi connectivity index (χ2v) is 5.16. The van der Waals surface area contributed by atoms with E-state index in [9.17, 15) is 18.3 Å². The topological polar surface area (TPSA) is 62.4 Å². The molecule has 20 heavy (non-hydrogen) atoms. The molecular weight excluding hydrogens is 271 g/mol. The Morgan fingerprint density at radius 3 is 2.60 bits per heavy atom. The molecule has 1 aromatic heterocycles. The largest absolute Gasteiger partial charge is 0.433 e. The number of nitrogens with zero attached hydrogens (tertiary/aromatic N) is 2. The van der Waals surface area contributed by atoms with Crippen LogP contribution in [0.25, 0.3) is 0 Å². The number of rotatable bonds is 2. The molecule has 1 aliphatic rings. The number of hydrogen-bond acceptors (Lipinski definition) is 4. The van der Waals surface area contributed by atoms with Crippen molar-refractivity contribution in [2.75, 3.05) is 17.7 Å². The van der Waals surface area contributed by atoms with Crippen molar-refractivity contribution in [2.45, 2.75) is 44.0 Å². The van der Waals surface area contributed by atoms with Gasteiger partial charge in [0.1, 0.15) is 5.69 Å². The van der Waals surface area contributed by atoms with Gasteiger partial charge in [-0.05, 0) is 18.9 Å². The molecule has 0 aliphatic heterocycles. The lowest BCUT2D eigenvalue weighted by Crippen LogP contribution is -2.43. The van der Waals surface area contributed by atoms with Crippen LogP contribution in [0.5, 0.6) is 0 Å². The number of likely N-dealkylation sites (N-methyl/N-ethyl adjacent to an activating group) is 1. The summed E-state index contributed by atoms with van der Waals surface area (Å²) in [6, 6.07) is 0.728. The molecule has 0 amide bonds. The van der Waals surface area contributed by atoms with E-state index in [1.165, 1.54) is 0 Å². The molecule has 2 atom stereocenters. The quantitative estimate of drug-likeness (QED) is 0.877. The van der Waals surface area contributed by atoms with E-state index in [4.69, 9.17) is 5.73 Å². The van der Waals surface area contributed by atoms with Crippen LogP contribution in [0.1, 0.15) is 31.4 Å². The van der Waals surface area contributed by atoms with Crippen LogP contribution in [-0.4, -0.2) is 29.3 Å². The summed E-state index contributed by atoms with van der Waals surface area (Å²) in [7, 11) is 1.66. The third-order valence-electron chi connectivity index (χ3n) is 3.77. The summed E-state index contributed by atoms with van der Waals surface area (Å²) in [6.45, 7) is 0. The number of nitrogens with two attached hydrogens (primary N) is 1. The number of alkyl halides is 3. The first-order chi connectivity index (χ1) is 9.30. The second kappa shape index (κ2) is 5.47. The van der Waals surface area contributed by atoms with E-state index >= 15 is 0 Å². The van der Waals surface area contributed by atoms with E-state index in [2.05, 4.69) is 4.98 Å². The highest BCUT2D eigenvalue weighted by molar-refractivity contribution is 5.67. The predicted molar refractivity (Wildman–Crippen MR) is 70.3 cm³/mol. The van der Waals surface area contributed by atoms with Gasteiger partial charge in [-0.2, -0.15) is 13.2 Å². The zero-order valence-electron chi connectivity index (χ0n) is 11.2. The van der Waals surface area contributed by atoms with Gasteiger partial charge in [-0.15, -0.1) is 0 Å². The van der Waals surface area contributed by atoms with Gasteiger partial charge in [0.2, 0.25) is 0 Å². The maximum atomic E-state index is 12.7. The molecule has 0 radical (unpaired) electrons. The van der Waals surface area contributed by atoms with Crippen molar-refractivity contribution in [1.29, 1.82) is 0 Å². The van der Waals surface area contributed by atoms with Crippen LogP contribution in [0.15, 0.2) is 12.3 Å². The Kier molecular flexibility index (Phi) is 4.08. The number of pyridine rings is 1. The van der Waals surface area contributed by atoms with Gasteiger partial charge in [-0.3, -0.25) is 0 Å². The second-order valence-electron chi connectivity index (χ2n) is 5.16. The summed E-state index contributed by atoms with van der Waals surface area (Å²) in [5, 5.41) is 10.0. The lowest BCUT2D eigenvalue weighted by Gasteiger charge is -2.37. The lowest BCUT2D eigenvalue weighted by atomic mass is 9.91. The van der Waals surface area contributed by atoms with E-state index in [0.717, 1.165) is 31.5 Å². The number of hydrogen-bond donors (Lipinski definition) is 2. The van der Waals surface area contributed by atoms with Crippen LogP contribution in [0.3, 0.4) is 0 Å². The Hall–Kier alpha value is -1.50. The van der Waals surface area contributed by atoms with E-state index in [1.807, 2.05) is 0 Å². The summed E-state index contributed by atoms with van der Waals surface area (Å²) in [5.74, 6) is 0. The summed E-state index contributed by atoms with van der Waals surface area (Å²) in [4.78, 5) is 4.95. The van der Waals surface area contributed by atoms with Crippen molar-refractivity contribution in [3.05, 3.63) is 18.0 Å². The third-order valence-corrected chi connectivity index (χ3v) is 3.77. The number of aromatic nitrogens is 1. The first-order valence-electron chi connectivity index (χ1n) is 6.54. The molecule has 0 bridgehead atoms. The van der Waals surface area contributed by atoms with Gasteiger partial charge in [0.25, 0.3) is 0 Å². The fourth-order valence-electron chi connectivity index (χ4n) is 2.64. The molecule has 2 unspecified atom stereocenters. The molecule has 0 aromatic carbocycles. The fourth-order valence-corrected chi connectivity index (χ4v) is 2.64. The maximum Gasteiger partial charge on any atom is 0.433 e. The summed E-state index contributed by atoms with van der Waals surface area (Å²) in [6.07, 6.45) is -0.754. The number of halogens is 3. The molecule has 1 saturated carbocycles. The average molecular weight is 289 g/mol. The van der Waals surface area contributed by atoms with Crippen molar-refractivity contribution in [2.24, 2.45) is 0 Å². The average Bonchev–Trinajstić information content (AvgIpc) is 2.37. The van der Waals surface area contributed by atoms with Gasteiger partial charge in [0.15, 0.2) is 0 Å². The zero-order chi connectivity index (χ0) is 14.9. The fraction of sp³-hybridized carbons (Fsp3) is 0.615. The van der Waals surface area contributed by atoms with Gasteiger partial charge < -0.3 is 15.7 Å². The van der Waals surface area contributed by atoms with E-state index in [0.29, 0.717) is 6.42 Å². The summed E-state index contributed by atoms with van der Waals surface area (Å²) < 4.78 is 38.1. The highest BCUT2D eigenvalue weighted by Crippen LogP contribution is 2.34. The SMILES string of the molecule is CN(c1cc(C(F)(F)F)ncc1N)C1CCCCC1O. The lowest BCUT2D eigenvalue weighted by molar-refractivity contribution is -0.141. The Morgan fingerprint density at radius 2 is 2.00 bits per heavy atom. The first-order valence-corrected chi connectivity index (χ1v) is 6.54. The van der Waals surface area contributed by atoms with Crippen LogP contribution in [-0.2, 0) is 6.18 Å². The van der Waals surface area contributed by atoms with E-state index in [-0.39, 0.29) is 17.4 Å². The number of anilines is 2. The van der Waals surface area contributed by atoms with Crippen molar-refractivity contribution in [1.82, 2.24) is 4.98 Å². The van der Waals surface area contributed by atoms with Crippen molar-refractivity contribution in [3.63, 3.8) is 0 Å². The highest BCUT2D eigenvalue weighted by atomic mass is 19.4. The molecule has 112 valence electrons. The summed E-state index contributed by atoms with van der Waals surface area (Å²) in [5.41, 5.74) is 5.20. The smallest absolute Gasteiger partial charge is 0.396 e. The number of aliphatic hydroxyl groups excluding tert-OH is 1. The Bertz CT molecular complexity index is 478. The maximum absolute atomic E-state index is 12.7. The minimum atomic E-state index is -4.51. The molecule has 4 nitrogen and oxygen atoms in total. The van der Waals surface area contributed by atoms with Crippen LogP contribution in [0.4, 0.5) is 24.5 Å². The standard InChI is InChI=1S/C13H18F3N3O/c1-19(9-4-2-3-5-11(9)20)10-6-12(13(14,15)16)18-7-8(10)17/h6-7,9,11,20H,2-5,17H2,1H3. The molecule has 0 saturated heterocycles. The van der Waals surface area contributed by atoms with Gasteiger partial charge in [0, 0.05) is 7.05 Å². The Morgan fingerprint density at radius 1 is 1.35 bits per heavy atom. The normalized spacial score (nSPS) is 23.6.